The van der Waals surface area contributed by atoms with E-state index in [9.17, 15) is 0 Å². The minimum absolute atomic E-state index is 0.449. The molecule has 1 aliphatic heterocycles. The van der Waals surface area contributed by atoms with E-state index in [1.54, 1.807) is 0 Å². The van der Waals surface area contributed by atoms with Crippen LogP contribution in [0, 0.1) is 5.92 Å². The number of fused-ring (bicyclic) bond motifs is 1. The second-order valence-corrected chi connectivity index (χ2v) is 5.69. The molecule has 1 aromatic rings. The lowest BCUT2D eigenvalue weighted by atomic mass is 10.00. The average molecular weight is 233 g/mol. The molecule has 0 saturated heterocycles. The summed E-state index contributed by atoms with van der Waals surface area (Å²) in [6.07, 6.45) is 1.16. The first-order valence-electron chi connectivity index (χ1n) is 6.59. The van der Waals surface area contributed by atoms with Crippen LogP contribution < -0.4 is 10.1 Å². The van der Waals surface area contributed by atoms with Crippen LogP contribution in [-0.2, 0) is 0 Å². The molecule has 0 aromatic heterocycles. The van der Waals surface area contributed by atoms with Crippen LogP contribution in [0.5, 0.6) is 5.75 Å². The van der Waals surface area contributed by atoms with Crippen LogP contribution in [0.1, 0.15) is 45.6 Å². The lowest BCUT2D eigenvalue weighted by Crippen LogP contribution is -2.32. The molecule has 0 bridgehead atoms. The van der Waals surface area contributed by atoms with Crippen LogP contribution in [0.2, 0.25) is 0 Å². The Morgan fingerprint density at radius 1 is 1.29 bits per heavy atom. The molecule has 2 nitrogen and oxygen atoms in total. The van der Waals surface area contributed by atoms with E-state index in [2.05, 4.69) is 51.2 Å². The van der Waals surface area contributed by atoms with Gasteiger partial charge in [0.2, 0.25) is 0 Å². The molecule has 1 aromatic carbocycles. The SMILES string of the molecule is CC(C)CC1COc2ccc(C(C)C)cc2N1. The molecular weight excluding hydrogens is 210 g/mol. The number of ether oxygens (including phenoxy) is 1. The molecule has 1 atom stereocenters. The van der Waals surface area contributed by atoms with Crippen molar-refractivity contribution in [2.75, 3.05) is 11.9 Å². The van der Waals surface area contributed by atoms with Gasteiger partial charge in [0.25, 0.3) is 0 Å². The standard InChI is InChI=1S/C15H23NO/c1-10(2)7-13-9-17-15-6-5-12(11(3)4)8-14(15)16-13/h5-6,8,10-11,13,16H,7,9H2,1-4H3. The largest absolute Gasteiger partial charge is 0.489 e. The fraction of sp³-hybridized carbons (Fsp3) is 0.600. The first kappa shape index (κ1) is 12.3. The van der Waals surface area contributed by atoms with E-state index in [0.29, 0.717) is 17.9 Å². The Balaban J connectivity index is 2.15. The van der Waals surface area contributed by atoms with Crippen LogP contribution in [0.3, 0.4) is 0 Å². The molecular formula is C15H23NO. The molecule has 0 spiro atoms. The molecule has 1 aliphatic rings. The molecule has 94 valence electrons. The lowest BCUT2D eigenvalue weighted by molar-refractivity contribution is 0.268. The normalized spacial score (nSPS) is 18.8. The Labute approximate surface area is 104 Å². The Kier molecular flexibility index (Phi) is 3.60. The highest BCUT2D eigenvalue weighted by Crippen LogP contribution is 2.33. The minimum atomic E-state index is 0.449. The molecule has 0 amide bonds. The summed E-state index contributed by atoms with van der Waals surface area (Å²) in [7, 11) is 0. The zero-order chi connectivity index (χ0) is 12.4. The van der Waals surface area contributed by atoms with Crippen molar-refractivity contribution in [3.05, 3.63) is 23.8 Å². The van der Waals surface area contributed by atoms with E-state index in [1.165, 1.54) is 5.56 Å². The highest BCUT2D eigenvalue weighted by molar-refractivity contribution is 5.60. The summed E-state index contributed by atoms with van der Waals surface area (Å²) in [4.78, 5) is 0. The lowest BCUT2D eigenvalue weighted by Gasteiger charge is -2.29. The van der Waals surface area contributed by atoms with Gasteiger partial charge in [0.05, 0.1) is 11.7 Å². The van der Waals surface area contributed by atoms with Gasteiger partial charge >= 0.3 is 0 Å². The number of hydrogen-bond acceptors (Lipinski definition) is 2. The Morgan fingerprint density at radius 2 is 2.06 bits per heavy atom. The summed E-state index contributed by atoms with van der Waals surface area (Å²) in [6, 6.07) is 6.92. The third-order valence-electron chi connectivity index (χ3n) is 3.23. The third kappa shape index (κ3) is 2.93. The van der Waals surface area contributed by atoms with E-state index < -0.39 is 0 Å². The van der Waals surface area contributed by atoms with Gasteiger partial charge in [-0.2, -0.15) is 0 Å². The number of benzene rings is 1. The average Bonchev–Trinajstić information content (AvgIpc) is 2.27. The maximum absolute atomic E-state index is 5.81. The second kappa shape index (κ2) is 4.99. The zero-order valence-corrected chi connectivity index (χ0v) is 11.3. The number of nitrogens with one attached hydrogen (secondary N) is 1. The highest BCUT2D eigenvalue weighted by atomic mass is 16.5. The molecule has 0 radical (unpaired) electrons. The number of rotatable bonds is 3. The molecule has 0 fully saturated rings. The monoisotopic (exact) mass is 233 g/mol. The molecule has 0 aliphatic carbocycles. The summed E-state index contributed by atoms with van der Waals surface area (Å²) in [5, 5.41) is 3.60. The molecule has 1 unspecified atom stereocenters. The quantitative estimate of drug-likeness (QED) is 0.851. The first-order chi connectivity index (χ1) is 8.06. The summed E-state index contributed by atoms with van der Waals surface area (Å²) in [5.41, 5.74) is 2.53. The van der Waals surface area contributed by atoms with Crippen LogP contribution in [-0.4, -0.2) is 12.6 Å². The van der Waals surface area contributed by atoms with Crippen molar-refractivity contribution in [2.45, 2.75) is 46.1 Å². The maximum atomic E-state index is 5.81. The number of hydrogen-bond donors (Lipinski definition) is 1. The van der Waals surface area contributed by atoms with Gasteiger partial charge in [-0.05, 0) is 36.0 Å². The van der Waals surface area contributed by atoms with Crippen molar-refractivity contribution in [1.82, 2.24) is 0 Å². The molecule has 1 heterocycles. The predicted octanol–water partition coefficient (Wildman–Crippen LogP) is 4.03. The molecule has 2 heteroatoms. The zero-order valence-electron chi connectivity index (χ0n) is 11.3. The topological polar surface area (TPSA) is 21.3 Å². The van der Waals surface area contributed by atoms with Gasteiger partial charge in [0.1, 0.15) is 12.4 Å². The van der Waals surface area contributed by atoms with Gasteiger partial charge in [0, 0.05) is 0 Å². The summed E-state index contributed by atoms with van der Waals surface area (Å²) in [5.74, 6) is 2.26. The van der Waals surface area contributed by atoms with E-state index >= 15 is 0 Å². The van der Waals surface area contributed by atoms with Crippen molar-refractivity contribution in [3.8, 4) is 5.75 Å². The van der Waals surface area contributed by atoms with Crippen LogP contribution in [0.25, 0.3) is 0 Å². The van der Waals surface area contributed by atoms with Gasteiger partial charge in [-0.1, -0.05) is 33.8 Å². The highest BCUT2D eigenvalue weighted by Gasteiger charge is 2.20. The second-order valence-electron chi connectivity index (χ2n) is 5.69. The summed E-state index contributed by atoms with van der Waals surface area (Å²) in [6.45, 7) is 9.73. The van der Waals surface area contributed by atoms with Gasteiger partial charge < -0.3 is 10.1 Å². The van der Waals surface area contributed by atoms with E-state index in [-0.39, 0.29) is 0 Å². The van der Waals surface area contributed by atoms with Gasteiger partial charge in [-0.3, -0.25) is 0 Å². The smallest absolute Gasteiger partial charge is 0.142 e. The summed E-state index contributed by atoms with van der Waals surface area (Å²) < 4.78 is 5.81. The van der Waals surface area contributed by atoms with Crippen molar-refractivity contribution < 1.29 is 4.74 Å². The fourth-order valence-electron chi connectivity index (χ4n) is 2.29. The Morgan fingerprint density at radius 3 is 2.71 bits per heavy atom. The first-order valence-corrected chi connectivity index (χ1v) is 6.59. The van der Waals surface area contributed by atoms with Crippen molar-refractivity contribution in [1.29, 1.82) is 0 Å². The number of anilines is 1. The Hall–Kier alpha value is -1.18. The molecule has 1 N–H and O–H groups in total. The fourth-order valence-corrected chi connectivity index (χ4v) is 2.29. The van der Waals surface area contributed by atoms with E-state index in [0.717, 1.165) is 24.5 Å². The molecule has 0 saturated carbocycles. The van der Waals surface area contributed by atoms with E-state index in [1.807, 2.05) is 0 Å². The minimum Gasteiger partial charge on any atom is -0.489 e. The van der Waals surface area contributed by atoms with Gasteiger partial charge in [0.15, 0.2) is 0 Å². The van der Waals surface area contributed by atoms with Crippen molar-refractivity contribution in [2.24, 2.45) is 5.92 Å². The summed E-state index contributed by atoms with van der Waals surface area (Å²) >= 11 is 0. The molecule has 17 heavy (non-hydrogen) atoms. The molecule has 2 rings (SSSR count). The third-order valence-corrected chi connectivity index (χ3v) is 3.23. The van der Waals surface area contributed by atoms with Crippen molar-refractivity contribution >= 4 is 5.69 Å². The Bertz CT molecular complexity index is 385. The van der Waals surface area contributed by atoms with Crippen LogP contribution in [0.15, 0.2) is 18.2 Å². The predicted molar refractivity (Wildman–Crippen MR) is 72.9 cm³/mol. The van der Waals surface area contributed by atoms with E-state index in [4.69, 9.17) is 4.74 Å². The van der Waals surface area contributed by atoms with Crippen molar-refractivity contribution in [3.63, 3.8) is 0 Å². The maximum Gasteiger partial charge on any atom is 0.142 e. The van der Waals surface area contributed by atoms with Gasteiger partial charge in [-0.15, -0.1) is 0 Å². The van der Waals surface area contributed by atoms with Crippen LogP contribution in [0.4, 0.5) is 5.69 Å². The van der Waals surface area contributed by atoms with Gasteiger partial charge in [-0.25, -0.2) is 0 Å². The van der Waals surface area contributed by atoms with Crippen LogP contribution >= 0.6 is 0 Å².